The van der Waals surface area contributed by atoms with E-state index in [0.29, 0.717) is 12.1 Å². The van der Waals surface area contributed by atoms with Crippen LogP contribution < -0.4 is 0 Å². The molecule has 1 N–H and O–H groups in total. The van der Waals surface area contributed by atoms with Crippen LogP contribution in [0.1, 0.15) is 36.3 Å². The smallest absolute Gasteiger partial charge is 0.112 e. The van der Waals surface area contributed by atoms with E-state index >= 15 is 0 Å². The van der Waals surface area contributed by atoms with Gasteiger partial charge in [-0.05, 0) is 37.5 Å². The van der Waals surface area contributed by atoms with E-state index in [1.54, 1.807) is 10.9 Å². The maximum absolute atomic E-state index is 9.70. The average Bonchev–Trinajstić information content (AvgIpc) is 2.80. The zero-order valence-corrected chi connectivity index (χ0v) is 10.4. The van der Waals surface area contributed by atoms with E-state index < -0.39 is 6.10 Å². The van der Waals surface area contributed by atoms with Crippen LogP contribution in [0.5, 0.6) is 0 Å². The van der Waals surface area contributed by atoms with E-state index in [4.69, 9.17) is 0 Å². The van der Waals surface area contributed by atoms with Crippen LogP contribution in [0.15, 0.2) is 24.4 Å². The molecule has 0 fully saturated rings. The standard InChI is InChI=1S/C13H17N3O/c1-4-13(17)11-8-16(15-14-11)12-7-9(2)5-6-10(12)3/h5-8,13,17H,4H2,1-3H3. The van der Waals surface area contributed by atoms with Crippen molar-refractivity contribution < 1.29 is 5.11 Å². The molecular formula is C13H17N3O. The summed E-state index contributed by atoms with van der Waals surface area (Å²) in [5.41, 5.74) is 3.94. The molecule has 2 aromatic rings. The number of rotatable bonds is 3. The molecule has 17 heavy (non-hydrogen) atoms. The van der Waals surface area contributed by atoms with Gasteiger partial charge in [-0.15, -0.1) is 5.10 Å². The zero-order chi connectivity index (χ0) is 12.4. The Balaban J connectivity index is 2.40. The maximum atomic E-state index is 9.70. The molecule has 4 heteroatoms. The molecule has 1 aromatic heterocycles. The Morgan fingerprint density at radius 3 is 2.82 bits per heavy atom. The Morgan fingerprint density at radius 2 is 2.12 bits per heavy atom. The first-order valence-electron chi connectivity index (χ1n) is 5.79. The molecule has 1 atom stereocenters. The first-order chi connectivity index (χ1) is 8.11. The Morgan fingerprint density at radius 1 is 1.35 bits per heavy atom. The molecule has 0 spiro atoms. The average molecular weight is 231 g/mol. The van der Waals surface area contributed by atoms with Gasteiger partial charge in [-0.1, -0.05) is 24.3 Å². The fourth-order valence-corrected chi connectivity index (χ4v) is 1.72. The summed E-state index contributed by atoms with van der Waals surface area (Å²) in [5.74, 6) is 0. The van der Waals surface area contributed by atoms with Crippen molar-refractivity contribution in [2.75, 3.05) is 0 Å². The third kappa shape index (κ3) is 2.36. The highest BCUT2D eigenvalue weighted by Crippen LogP contribution is 2.18. The summed E-state index contributed by atoms with van der Waals surface area (Å²) in [6, 6.07) is 6.19. The molecule has 2 rings (SSSR count). The van der Waals surface area contributed by atoms with E-state index in [1.165, 1.54) is 5.56 Å². The Kier molecular flexibility index (Phi) is 3.24. The largest absolute Gasteiger partial charge is 0.387 e. The fourth-order valence-electron chi connectivity index (χ4n) is 1.72. The maximum Gasteiger partial charge on any atom is 0.112 e. The lowest BCUT2D eigenvalue weighted by Crippen LogP contribution is -1.98. The van der Waals surface area contributed by atoms with Crippen molar-refractivity contribution in [2.45, 2.75) is 33.3 Å². The molecule has 0 saturated heterocycles. The minimum absolute atomic E-state index is 0.533. The van der Waals surface area contributed by atoms with Gasteiger partial charge in [-0.2, -0.15) is 0 Å². The Hall–Kier alpha value is -1.68. The third-order valence-corrected chi connectivity index (χ3v) is 2.85. The third-order valence-electron chi connectivity index (χ3n) is 2.85. The number of aryl methyl sites for hydroxylation is 2. The highest BCUT2D eigenvalue weighted by molar-refractivity contribution is 5.42. The second-order valence-electron chi connectivity index (χ2n) is 4.30. The summed E-state index contributed by atoms with van der Waals surface area (Å²) in [7, 11) is 0. The summed E-state index contributed by atoms with van der Waals surface area (Å²) in [5, 5.41) is 17.8. The van der Waals surface area contributed by atoms with Crippen LogP contribution in [0.2, 0.25) is 0 Å². The van der Waals surface area contributed by atoms with Gasteiger partial charge in [0.25, 0.3) is 0 Å². The molecule has 0 aliphatic heterocycles. The van der Waals surface area contributed by atoms with Crippen molar-refractivity contribution in [3.05, 3.63) is 41.2 Å². The van der Waals surface area contributed by atoms with Crippen molar-refractivity contribution in [1.29, 1.82) is 0 Å². The molecule has 1 aromatic carbocycles. The molecule has 0 radical (unpaired) electrons. The molecule has 0 amide bonds. The number of benzene rings is 1. The Labute approximate surface area is 101 Å². The van der Waals surface area contributed by atoms with Crippen LogP contribution in [0.4, 0.5) is 0 Å². The van der Waals surface area contributed by atoms with Crippen LogP contribution in [-0.2, 0) is 0 Å². The van der Waals surface area contributed by atoms with Crippen LogP contribution in [0.25, 0.3) is 5.69 Å². The Bertz CT molecular complexity index is 519. The SMILES string of the molecule is CCC(O)c1cn(-c2cc(C)ccc2C)nn1. The molecule has 0 aliphatic carbocycles. The van der Waals surface area contributed by atoms with Crippen molar-refractivity contribution in [2.24, 2.45) is 0 Å². The van der Waals surface area contributed by atoms with Crippen molar-refractivity contribution in [3.8, 4) is 5.69 Å². The van der Waals surface area contributed by atoms with E-state index in [2.05, 4.69) is 28.5 Å². The number of nitrogens with zero attached hydrogens (tertiary/aromatic N) is 3. The van der Waals surface area contributed by atoms with Crippen LogP contribution in [0.3, 0.4) is 0 Å². The molecular weight excluding hydrogens is 214 g/mol. The summed E-state index contributed by atoms with van der Waals surface area (Å²) < 4.78 is 1.72. The van der Waals surface area contributed by atoms with Gasteiger partial charge in [0.15, 0.2) is 0 Å². The second-order valence-corrected chi connectivity index (χ2v) is 4.30. The van der Waals surface area contributed by atoms with Crippen molar-refractivity contribution in [3.63, 3.8) is 0 Å². The van der Waals surface area contributed by atoms with Gasteiger partial charge in [-0.25, -0.2) is 4.68 Å². The van der Waals surface area contributed by atoms with Gasteiger partial charge in [0.05, 0.1) is 18.0 Å². The number of aliphatic hydroxyl groups is 1. The number of hydrogen-bond donors (Lipinski definition) is 1. The highest BCUT2D eigenvalue weighted by atomic mass is 16.3. The molecule has 0 aliphatic rings. The van der Waals surface area contributed by atoms with Gasteiger partial charge in [0.2, 0.25) is 0 Å². The second kappa shape index (κ2) is 4.67. The summed E-state index contributed by atoms with van der Waals surface area (Å²) in [6.45, 7) is 6.00. The number of hydrogen-bond acceptors (Lipinski definition) is 3. The van der Waals surface area contributed by atoms with Gasteiger partial charge in [0, 0.05) is 0 Å². The molecule has 1 unspecified atom stereocenters. The zero-order valence-electron chi connectivity index (χ0n) is 10.4. The van der Waals surface area contributed by atoms with E-state index in [1.807, 2.05) is 20.8 Å². The predicted octanol–water partition coefficient (Wildman–Crippen LogP) is 2.33. The first kappa shape index (κ1) is 11.8. The van der Waals surface area contributed by atoms with E-state index in [-0.39, 0.29) is 0 Å². The minimum atomic E-state index is -0.533. The van der Waals surface area contributed by atoms with Gasteiger partial charge >= 0.3 is 0 Å². The summed E-state index contributed by atoms with van der Waals surface area (Å²) in [4.78, 5) is 0. The monoisotopic (exact) mass is 231 g/mol. The van der Waals surface area contributed by atoms with Crippen molar-refractivity contribution >= 4 is 0 Å². The van der Waals surface area contributed by atoms with Crippen LogP contribution in [0, 0.1) is 13.8 Å². The quantitative estimate of drug-likeness (QED) is 0.882. The summed E-state index contributed by atoms with van der Waals surface area (Å²) in [6.07, 6.45) is 1.90. The number of aromatic nitrogens is 3. The molecule has 1 heterocycles. The molecule has 90 valence electrons. The van der Waals surface area contributed by atoms with Gasteiger partial charge in [-0.3, -0.25) is 0 Å². The fraction of sp³-hybridized carbons (Fsp3) is 0.385. The molecule has 0 saturated carbocycles. The van der Waals surface area contributed by atoms with Crippen molar-refractivity contribution in [1.82, 2.24) is 15.0 Å². The summed E-state index contributed by atoms with van der Waals surface area (Å²) >= 11 is 0. The van der Waals surface area contributed by atoms with Crippen LogP contribution in [-0.4, -0.2) is 20.1 Å². The van der Waals surface area contributed by atoms with E-state index in [9.17, 15) is 5.11 Å². The van der Waals surface area contributed by atoms with Gasteiger partial charge in [0.1, 0.15) is 5.69 Å². The van der Waals surface area contributed by atoms with Gasteiger partial charge < -0.3 is 5.11 Å². The number of aliphatic hydroxyl groups excluding tert-OH is 1. The molecule has 4 nitrogen and oxygen atoms in total. The normalized spacial score (nSPS) is 12.7. The topological polar surface area (TPSA) is 50.9 Å². The van der Waals surface area contributed by atoms with Crippen LogP contribution >= 0.6 is 0 Å². The predicted molar refractivity (Wildman–Crippen MR) is 66.1 cm³/mol. The lowest BCUT2D eigenvalue weighted by atomic mass is 10.1. The lowest BCUT2D eigenvalue weighted by Gasteiger charge is -2.06. The minimum Gasteiger partial charge on any atom is -0.387 e. The molecule has 0 bridgehead atoms. The first-order valence-corrected chi connectivity index (χ1v) is 5.79. The lowest BCUT2D eigenvalue weighted by molar-refractivity contribution is 0.169. The van der Waals surface area contributed by atoms with E-state index in [0.717, 1.165) is 11.3 Å². The highest BCUT2D eigenvalue weighted by Gasteiger charge is 2.11.